The molecule has 0 bridgehead atoms. The molecule has 0 rings (SSSR count). The second kappa shape index (κ2) is 59.8. The molecule has 0 aliphatic heterocycles. The highest BCUT2D eigenvalue weighted by atomic mass is 31.2. The summed E-state index contributed by atoms with van der Waals surface area (Å²) in [5.74, 6) is 0.841. The Morgan fingerprint density at radius 2 is 0.539 bits per heavy atom. The first-order valence-corrected chi connectivity index (χ1v) is 39.3. The number of hydrogen-bond acceptors (Lipinski definition) is 15. The Morgan fingerprint density at radius 1 is 0.315 bits per heavy atom. The van der Waals surface area contributed by atoms with Gasteiger partial charge in [-0.15, -0.1) is 0 Å². The van der Waals surface area contributed by atoms with Crippen LogP contribution in [0.2, 0.25) is 0 Å². The average molecular weight is 1310 g/mol. The molecule has 0 saturated carbocycles. The minimum absolute atomic E-state index is 0.102. The van der Waals surface area contributed by atoms with Crippen LogP contribution in [0.1, 0.15) is 344 Å². The van der Waals surface area contributed by atoms with Gasteiger partial charge in [-0.25, -0.2) is 9.13 Å². The molecule has 0 aromatic heterocycles. The first-order chi connectivity index (χ1) is 42.7. The Labute approximate surface area is 543 Å². The van der Waals surface area contributed by atoms with Gasteiger partial charge in [0.15, 0.2) is 12.2 Å². The smallest absolute Gasteiger partial charge is 0.462 e. The lowest BCUT2D eigenvalue weighted by atomic mass is 10.00. The highest BCUT2D eigenvalue weighted by Gasteiger charge is 2.30. The Balaban J connectivity index is 5.20. The molecule has 17 nitrogen and oxygen atoms in total. The Hall–Kier alpha value is -1.94. The third-order valence-electron chi connectivity index (χ3n) is 16.8. The van der Waals surface area contributed by atoms with Crippen molar-refractivity contribution in [1.82, 2.24) is 0 Å². The van der Waals surface area contributed by atoms with E-state index in [9.17, 15) is 43.2 Å². The van der Waals surface area contributed by atoms with Crippen LogP contribution in [0.15, 0.2) is 0 Å². The number of esters is 4. The number of rotatable bonds is 67. The molecule has 0 aliphatic carbocycles. The zero-order valence-electron chi connectivity index (χ0n) is 58.1. The fraction of sp³-hybridized carbons (Fsp3) is 0.943. The number of aliphatic hydroxyl groups is 1. The summed E-state index contributed by atoms with van der Waals surface area (Å²) in [7, 11) is -9.90. The van der Waals surface area contributed by atoms with E-state index in [0.29, 0.717) is 25.7 Å². The maximum absolute atomic E-state index is 13.0. The van der Waals surface area contributed by atoms with E-state index in [-0.39, 0.29) is 25.7 Å². The second-order valence-corrected chi connectivity index (χ2v) is 29.6. The molecule has 19 heteroatoms. The number of carbonyl (C=O) groups excluding carboxylic acids is 4. The number of phosphoric ester groups is 2. The van der Waals surface area contributed by atoms with Crippen LogP contribution in [0.5, 0.6) is 0 Å². The number of carbonyl (C=O) groups is 4. The van der Waals surface area contributed by atoms with Gasteiger partial charge in [0, 0.05) is 25.7 Å². The van der Waals surface area contributed by atoms with E-state index in [1.54, 1.807) is 0 Å². The van der Waals surface area contributed by atoms with Gasteiger partial charge in [0.2, 0.25) is 0 Å². The van der Waals surface area contributed by atoms with Crippen molar-refractivity contribution in [1.29, 1.82) is 0 Å². The molecule has 0 aliphatic rings. The van der Waals surface area contributed by atoms with Crippen molar-refractivity contribution in [2.75, 3.05) is 39.6 Å². The van der Waals surface area contributed by atoms with Gasteiger partial charge in [-0.1, -0.05) is 293 Å². The molecule has 528 valence electrons. The molecule has 0 aromatic carbocycles. The number of aliphatic hydroxyl groups excluding tert-OH is 1. The third kappa shape index (κ3) is 62.0. The maximum atomic E-state index is 13.0. The lowest BCUT2D eigenvalue weighted by Gasteiger charge is -2.21. The van der Waals surface area contributed by atoms with Crippen molar-refractivity contribution in [3.63, 3.8) is 0 Å². The molecule has 0 spiro atoms. The average Bonchev–Trinajstić information content (AvgIpc) is 3.58. The van der Waals surface area contributed by atoms with Crippen LogP contribution in [0.3, 0.4) is 0 Å². The van der Waals surface area contributed by atoms with Crippen LogP contribution in [-0.4, -0.2) is 96.7 Å². The molecule has 4 unspecified atom stereocenters. The molecule has 0 saturated heterocycles. The normalized spacial score (nSPS) is 14.9. The van der Waals surface area contributed by atoms with E-state index in [0.717, 1.165) is 120 Å². The molecular weight excluding hydrogens is 1170 g/mol. The fourth-order valence-corrected chi connectivity index (χ4v) is 12.0. The Bertz CT molecular complexity index is 1770. The van der Waals surface area contributed by atoms with E-state index in [1.807, 2.05) is 0 Å². The van der Waals surface area contributed by atoms with E-state index >= 15 is 0 Å². The first-order valence-electron chi connectivity index (χ1n) is 36.3. The summed E-state index contributed by atoms with van der Waals surface area (Å²) in [5, 5.41) is 10.6. The summed E-state index contributed by atoms with van der Waals surface area (Å²) in [5.41, 5.74) is 0. The molecule has 0 amide bonds. The third-order valence-corrected chi connectivity index (χ3v) is 18.7. The highest BCUT2D eigenvalue weighted by molar-refractivity contribution is 7.47. The molecule has 0 radical (unpaired) electrons. The van der Waals surface area contributed by atoms with E-state index < -0.39 is 97.5 Å². The topological polar surface area (TPSA) is 237 Å². The van der Waals surface area contributed by atoms with Crippen molar-refractivity contribution < 1.29 is 80.2 Å². The molecule has 0 aromatic rings. The zero-order chi connectivity index (χ0) is 66.1. The van der Waals surface area contributed by atoms with Gasteiger partial charge in [0.25, 0.3) is 0 Å². The van der Waals surface area contributed by atoms with Gasteiger partial charge in [0.05, 0.1) is 26.4 Å². The Morgan fingerprint density at radius 3 is 0.798 bits per heavy atom. The summed E-state index contributed by atoms with van der Waals surface area (Å²) in [6.07, 6.45) is 41.9. The molecule has 0 fully saturated rings. The van der Waals surface area contributed by atoms with Crippen molar-refractivity contribution in [2.45, 2.75) is 363 Å². The maximum Gasteiger partial charge on any atom is 0.472 e. The molecular formula is C70H136O17P2. The van der Waals surface area contributed by atoms with Crippen molar-refractivity contribution in [3.05, 3.63) is 0 Å². The summed E-state index contributed by atoms with van der Waals surface area (Å²) in [4.78, 5) is 72.5. The van der Waals surface area contributed by atoms with Crippen LogP contribution in [0.4, 0.5) is 0 Å². The van der Waals surface area contributed by atoms with Gasteiger partial charge < -0.3 is 33.8 Å². The van der Waals surface area contributed by atoms with Crippen LogP contribution in [0.25, 0.3) is 0 Å². The van der Waals surface area contributed by atoms with E-state index in [2.05, 4.69) is 55.4 Å². The molecule has 3 N–H and O–H groups in total. The quantitative estimate of drug-likeness (QED) is 0.0222. The van der Waals surface area contributed by atoms with E-state index in [4.69, 9.17) is 37.0 Å². The van der Waals surface area contributed by atoms with Crippen molar-refractivity contribution in [3.8, 4) is 0 Å². The van der Waals surface area contributed by atoms with Gasteiger partial charge in [-0.2, -0.15) is 0 Å². The van der Waals surface area contributed by atoms with Gasteiger partial charge in [-0.3, -0.25) is 37.3 Å². The first kappa shape index (κ1) is 87.1. The predicted octanol–water partition coefficient (Wildman–Crippen LogP) is 19.7. The number of hydrogen-bond donors (Lipinski definition) is 3. The van der Waals surface area contributed by atoms with Crippen LogP contribution >= 0.6 is 15.6 Å². The zero-order valence-corrected chi connectivity index (χ0v) is 59.8. The van der Waals surface area contributed by atoms with Crippen LogP contribution in [0, 0.1) is 23.7 Å². The number of ether oxygens (including phenoxy) is 4. The Kier molecular flexibility index (Phi) is 58.5. The van der Waals surface area contributed by atoms with Crippen molar-refractivity contribution >= 4 is 39.5 Å². The minimum atomic E-state index is -4.95. The lowest BCUT2D eigenvalue weighted by Crippen LogP contribution is -2.30. The fourth-order valence-electron chi connectivity index (χ4n) is 10.4. The second-order valence-electron chi connectivity index (χ2n) is 26.7. The SMILES string of the molecule is CCC(C)CCCCCCCCC(=O)OC[C@H](COP(=O)(O)OC[C@H](O)COP(=O)(O)OC[C@@H](COC(=O)CCCCCCCCCCCCCCCCCC(C)C)OC(=O)CCCCCCCCCCC(C)C)OC(=O)CCCCCCCCC(C)CC. The molecule has 7 atom stereocenters. The molecule has 0 heterocycles. The molecule has 89 heavy (non-hydrogen) atoms. The van der Waals surface area contributed by atoms with Crippen LogP contribution in [-0.2, 0) is 65.4 Å². The van der Waals surface area contributed by atoms with E-state index in [1.165, 1.54) is 141 Å². The summed E-state index contributed by atoms with van der Waals surface area (Å²) in [6.45, 7) is 14.0. The standard InChI is InChI=1S/C70H136O17P2/c1-9-62(7)48-40-32-26-28-35-43-51-68(73)81-57-66(87-70(75)53-45-37-29-27-33-41-49-63(8)10-2)59-85-89(78,79)83-55-64(71)54-82-88(76,77)84-58-65(86-69(74)52-44-36-25-21-20-23-31-39-47-61(5)6)56-80-67(72)50-42-34-24-19-17-15-13-11-12-14-16-18-22-30-38-46-60(3)4/h60-66,71H,9-59H2,1-8H3,(H,76,77)(H,78,79)/t62?,63?,64-,65-,66-/m1/s1. The van der Waals surface area contributed by atoms with Gasteiger partial charge >= 0.3 is 39.5 Å². The van der Waals surface area contributed by atoms with Crippen molar-refractivity contribution in [2.24, 2.45) is 23.7 Å². The largest absolute Gasteiger partial charge is 0.472 e. The minimum Gasteiger partial charge on any atom is -0.462 e. The van der Waals surface area contributed by atoms with Gasteiger partial charge in [0.1, 0.15) is 19.3 Å². The predicted molar refractivity (Wildman–Crippen MR) is 358 cm³/mol. The summed E-state index contributed by atoms with van der Waals surface area (Å²) < 4.78 is 68.2. The van der Waals surface area contributed by atoms with Gasteiger partial charge in [-0.05, 0) is 49.4 Å². The van der Waals surface area contributed by atoms with Crippen LogP contribution < -0.4 is 0 Å². The summed E-state index contributed by atoms with van der Waals surface area (Å²) in [6, 6.07) is 0. The highest BCUT2D eigenvalue weighted by Crippen LogP contribution is 2.45. The lowest BCUT2D eigenvalue weighted by molar-refractivity contribution is -0.161. The summed E-state index contributed by atoms with van der Waals surface area (Å²) >= 11 is 0. The number of phosphoric acid groups is 2. The monoisotopic (exact) mass is 1310 g/mol. The number of unbranched alkanes of at least 4 members (excludes halogenated alkanes) is 31.